The van der Waals surface area contributed by atoms with Gasteiger partial charge in [0.25, 0.3) is 10.0 Å². The van der Waals surface area contributed by atoms with E-state index in [-0.39, 0.29) is 16.1 Å². The molecule has 0 aliphatic rings. The minimum absolute atomic E-state index is 0.0335. The molecule has 0 amide bonds. The summed E-state index contributed by atoms with van der Waals surface area (Å²) in [5, 5.41) is 15.7. The Bertz CT molecular complexity index is 1100. The van der Waals surface area contributed by atoms with E-state index in [1.165, 1.54) is 6.21 Å². The number of rotatable bonds is 4. The lowest BCUT2D eigenvalue weighted by Gasteiger charge is -2.19. The van der Waals surface area contributed by atoms with Gasteiger partial charge in [-0.3, -0.25) is 0 Å². The third-order valence-electron chi connectivity index (χ3n) is 4.34. The Morgan fingerprint density at radius 3 is 2.30 bits per heavy atom. The second kappa shape index (κ2) is 7.04. The fraction of sp³-hybridized carbons (Fsp3) is 0.190. The number of fused-ring (bicyclic) bond motifs is 1. The maximum Gasteiger partial charge on any atom is 0.276 e. The van der Waals surface area contributed by atoms with Crippen LogP contribution in [0.3, 0.4) is 0 Å². The number of hydrogen-bond donors (Lipinski definition) is 2. The highest BCUT2D eigenvalue weighted by Gasteiger charge is 2.17. The number of hydrogen-bond acceptors (Lipinski definition) is 4. The molecule has 3 aromatic carbocycles. The third-order valence-corrected chi connectivity index (χ3v) is 5.58. The van der Waals surface area contributed by atoms with E-state index >= 15 is 0 Å². The van der Waals surface area contributed by atoms with Gasteiger partial charge >= 0.3 is 0 Å². The van der Waals surface area contributed by atoms with Crippen LogP contribution in [-0.2, 0) is 15.4 Å². The van der Waals surface area contributed by atoms with E-state index in [1.54, 1.807) is 36.4 Å². The van der Waals surface area contributed by atoms with Crippen molar-refractivity contribution >= 4 is 27.0 Å². The Morgan fingerprint density at radius 2 is 1.63 bits per heavy atom. The van der Waals surface area contributed by atoms with Crippen molar-refractivity contribution in [2.24, 2.45) is 5.10 Å². The molecule has 6 heteroatoms. The molecule has 0 fully saturated rings. The van der Waals surface area contributed by atoms with Crippen molar-refractivity contribution in [2.45, 2.75) is 31.1 Å². The van der Waals surface area contributed by atoms with Gasteiger partial charge in [-0.2, -0.15) is 13.5 Å². The summed E-state index contributed by atoms with van der Waals surface area (Å²) in [7, 11) is -3.79. The molecule has 3 rings (SSSR count). The number of hydrazone groups is 1. The fourth-order valence-corrected chi connectivity index (χ4v) is 3.56. The second-order valence-corrected chi connectivity index (χ2v) is 9.01. The van der Waals surface area contributed by atoms with Crippen molar-refractivity contribution in [3.63, 3.8) is 0 Å². The van der Waals surface area contributed by atoms with Gasteiger partial charge in [-0.05, 0) is 39.9 Å². The molecule has 140 valence electrons. The van der Waals surface area contributed by atoms with E-state index in [4.69, 9.17) is 0 Å². The van der Waals surface area contributed by atoms with Crippen LogP contribution in [0.2, 0.25) is 0 Å². The van der Waals surface area contributed by atoms with Crippen molar-refractivity contribution in [1.29, 1.82) is 0 Å². The van der Waals surface area contributed by atoms with Gasteiger partial charge in [-0.1, -0.05) is 63.2 Å². The van der Waals surface area contributed by atoms with Gasteiger partial charge in [0.15, 0.2) is 0 Å². The van der Waals surface area contributed by atoms with Gasteiger partial charge in [0.2, 0.25) is 0 Å². The van der Waals surface area contributed by atoms with Gasteiger partial charge in [-0.25, -0.2) is 4.83 Å². The monoisotopic (exact) mass is 382 g/mol. The third kappa shape index (κ3) is 4.11. The van der Waals surface area contributed by atoms with E-state index in [9.17, 15) is 13.5 Å². The maximum atomic E-state index is 12.4. The molecule has 0 saturated heterocycles. The zero-order valence-electron chi connectivity index (χ0n) is 15.5. The summed E-state index contributed by atoms with van der Waals surface area (Å²) < 4.78 is 24.9. The molecule has 3 aromatic rings. The molecule has 0 radical (unpaired) electrons. The van der Waals surface area contributed by atoms with Gasteiger partial charge in [0, 0.05) is 5.56 Å². The van der Waals surface area contributed by atoms with Crippen molar-refractivity contribution in [3.8, 4) is 5.75 Å². The van der Waals surface area contributed by atoms with Crippen LogP contribution in [0.5, 0.6) is 5.75 Å². The lowest BCUT2D eigenvalue weighted by atomic mass is 9.87. The highest BCUT2D eigenvalue weighted by Crippen LogP contribution is 2.26. The summed E-state index contributed by atoms with van der Waals surface area (Å²) in [5.41, 5.74) is 1.45. The van der Waals surface area contributed by atoms with E-state index in [2.05, 4.69) is 30.7 Å². The van der Waals surface area contributed by atoms with Crippen LogP contribution < -0.4 is 4.83 Å². The molecule has 0 heterocycles. The first-order valence-electron chi connectivity index (χ1n) is 8.55. The molecule has 0 aliphatic heterocycles. The van der Waals surface area contributed by atoms with Gasteiger partial charge in [0.1, 0.15) is 5.75 Å². The number of phenols is 1. The highest BCUT2D eigenvalue weighted by atomic mass is 32.2. The summed E-state index contributed by atoms with van der Waals surface area (Å²) in [6, 6.07) is 17.6. The molecule has 27 heavy (non-hydrogen) atoms. The van der Waals surface area contributed by atoms with Crippen molar-refractivity contribution in [1.82, 2.24) is 4.83 Å². The second-order valence-electron chi connectivity index (χ2n) is 7.35. The lowest BCUT2D eigenvalue weighted by Crippen LogP contribution is -2.19. The van der Waals surface area contributed by atoms with Crippen LogP contribution in [0.1, 0.15) is 31.9 Å². The highest BCUT2D eigenvalue weighted by molar-refractivity contribution is 7.89. The average Bonchev–Trinajstić information content (AvgIpc) is 2.63. The standard InChI is InChI=1S/C21H22N2O3S/c1-21(2,3)16-9-11-17(12-10-16)27(25,26)23-22-14-19-18-7-5-4-6-15(18)8-13-20(19)24/h4-14,23-24H,1-3H3/b22-14+. The minimum atomic E-state index is -3.79. The van der Waals surface area contributed by atoms with Crippen molar-refractivity contribution in [3.05, 3.63) is 71.8 Å². The first-order valence-corrected chi connectivity index (χ1v) is 10.0. The first-order chi connectivity index (χ1) is 12.7. The van der Waals surface area contributed by atoms with E-state index in [0.29, 0.717) is 5.56 Å². The molecule has 0 unspecified atom stereocenters. The smallest absolute Gasteiger partial charge is 0.276 e. The molecule has 0 atom stereocenters. The lowest BCUT2D eigenvalue weighted by molar-refractivity contribution is 0.475. The van der Waals surface area contributed by atoms with Crippen LogP contribution in [0.25, 0.3) is 10.8 Å². The fourth-order valence-electron chi connectivity index (χ4n) is 2.77. The number of phenolic OH excluding ortho intramolecular Hbond substituents is 1. The predicted molar refractivity (Wildman–Crippen MR) is 109 cm³/mol. The summed E-state index contributed by atoms with van der Waals surface area (Å²) in [6.45, 7) is 6.20. The average molecular weight is 382 g/mol. The Kier molecular flexibility index (Phi) is 4.93. The topological polar surface area (TPSA) is 78.8 Å². The van der Waals surface area contributed by atoms with Gasteiger partial charge < -0.3 is 5.11 Å². The predicted octanol–water partition coefficient (Wildman–Crippen LogP) is 4.16. The van der Waals surface area contributed by atoms with Crippen LogP contribution in [0.15, 0.2) is 70.7 Å². The molecule has 0 spiro atoms. The quantitative estimate of drug-likeness (QED) is 0.525. The van der Waals surface area contributed by atoms with Crippen molar-refractivity contribution in [2.75, 3.05) is 0 Å². The zero-order chi connectivity index (χ0) is 19.7. The molecule has 5 nitrogen and oxygen atoms in total. The van der Waals surface area contributed by atoms with Gasteiger partial charge in [0.05, 0.1) is 11.1 Å². The van der Waals surface area contributed by atoms with E-state index in [0.717, 1.165) is 16.3 Å². The number of aromatic hydroxyl groups is 1. The zero-order valence-corrected chi connectivity index (χ0v) is 16.3. The SMILES string of the molecule is CC(C)(C)c1ccc(S(=O)(=O)N/N=C/c2c(O)ccc3ccccc23)cc1. The minimum Gasteiger partial charge on any atom is -0.507 e. The molecular weight excluding hydrogens is 360 g/mol. The molecular formula is C21H22N2O3S. The molecule has 2 N–H and O–H groups in total. The summed E-state index contributed by atoms with van der Waals surface area (Å²) in [4.78, 5) is 2.34. The van der Waals surface area contributed by atoms with Crippen molar-refractivity contribution < 1.29 is 13.5 Å². The summed E-state index contributed by atoms with van der Waals surface area (Å²) >= 11 is 0. The molecule has 0 bridgehead atoms. The van der Waals surface area contributed by atoms with Crippen LogP contribution >= 0.6 is 0 Å². The van der Waals surface area contributed by atoms with Gasteiger partial charge in [-0.15, -0.1) is 0 Å². The Balaban J connectivity index is 1.85. The molecule has 0 aromatic heterocycles. The Hall–Kier alpha value is -2.86. The van der Waals surface area contributed by atoms with Crippen LogP contribution in [-0.4, -0.2) is 19.7 Å². The van der Waals surface area contributed by atoms with Crippen LogP contribution in [0.4, 0.5) is 0 Å². The Labute approximate surface area is 159 Å². The Morgan fingerprint density at radius 1 is 0.963 bits per heavy atom. The van der Waals surface area contributed by atoms with Crippen LogP contribution in [0, 0.1) is 0 Å². The number of sulfonamides is 1. The largest absolute Gasteiger partial charge is 0.507 e. The number of benzene rings is 3. The summed E-state index contributed by atoms with van der Waals surface area (Å²) in [5.74, 6) is 0.0335. The number of nitrogens with one attached hydrogen (secondary N) is 1. The summed E-state index contributed by atoms with van der Waals surface area (Å²) in [6.07, 6.45) is 1.32. The van der Waals surface area contributed by atoms with E-state index < -0.39 is 10.0 Å². The normalized spacial score (nSPS) is 12.6. The van der Waals surface area contributed by atoms with E-state index in [1.807, 2.05) is 24.3 Å². The number of nitrogens with zero attached hydrogens (tertiary/aromatic N) is 1. The molecule has 0 aliphatic carbocycles. The first kappa shape index (κ1) is 18.9. The molecule has 0 saturated carbocycles. The maximum absolute atomic E-state index is 12.4.